The van der Waals surface area contributed by atoms with Gasteiger partial charge < -0.3 is 9.84 Å². The Morgan fingerprint density at radius 3 is 2.43 bits per heavy atom. The molecule has 0 unspecified atom stereocenters. The smallest absolute Gasteiger partial charge is 0.332 e. The van der Waals surface area contributed by atoms with Crippen molar-refractivity contribution in [2.75, 3.05) is 0 Å². The zero-order valence-corrected chi connectivity index (χ0v) is 7.49. The van der Waals surface area contributed by atoms with Gasteiger partial charge in [0, 0.05) is 0 Å². The van der Waals surface area contributed by atoms with Crippen LogP contribution >= 0.6 is 0 Å². The summed E-state index contributed by atoms with van der Waals surface area (Å²) in [6.07, 6.45) is 2.17. The maximum Gasteiger partial charge on any atom is 0.332 e. The Morgan fingerprint density at radius 1 is 1.36 bits per heavy atom. The molecule has 1 spiro atoms. The standard InChI is InChI=1S/C9H10O5/c10-6(11)5-3-1-2-4-9(5)7(12)14-8(9)13/h5H,1-4H2,(H,10,11)/t5-/m0/s1. The van der Waals surface area contributed by atoms with E-state index in [-0.39, 0.29) is 0 Å². The van der Waals surface area contributed by atoms with Crippen molar-refractivity contribution in [1.82, 2.24) is 0 Å². The highest BCUT2D eigenvalue weighted by molar-refractivity contribution is 6.16. The van der Waals surface area contributed by atoms with Crippen LogP contribution in [0.25, 0.3) is 0 Å². The van der Waals surface area contributed by atoms with E-state index < -0.39 is 29.2 Å². The number of hydrogen-bond donors (Lipinski definition) is 1. The molecule has 0 bridgehead atoms. The van der Waals surface area contributed by atoms with Crippen LogP contribution < -0.4 is 0 Å². The SMILES string of the molecule is O=C(O)[C@@H]1CCCCC12C(=O)OC2=O. The van der Waals surface area contributed by atoms with E-state index in [0.717, 1.165) is 6.42 Å². The number of cyclic esters (lactones) is 2. The zero-order valence-electron chi connectivity index (χ0n) is 7.49. The average molecular weight is 198 g/mol. The molecular formula is C9H10O5. The molecule has 2 rings (SSSR count). The molecule has 14 heavy (non-hydrogen) atoms. The first kappa shape index (κ1) is 9.18. The van der Waals surface area contributed by atoms with Gasteiger partial charge in [-0.25, -0.2) is 0 Å². The lowest BCUT2D eigenvalue weighted by atomic mass is 9.64. The first-order valence-electron chi connectivity index (χ1n) is 4.58. The number of hydrogen-bond acceptors (Lipinski definition) is 4. The molecule has 1 saturated heterocycles. The van der Waals surface area contributed by atoms with Gasteiger partial charge in [-0.3, -0.25) is 14.4 Å². The van der Waals surface area contributed by atoms with Crippen molar-refractivity contribution in [3.05, 3.63) is 0 Å². The van der Waals surface area contributed by atoms with Crippen molar-refractivity contribution in [2.45, 2.75) is 25.7 Å². The molecule has 5 heteroatoms. The van der Waals surface area contributed by atoms with E-state index >= 15 is 0 Å². The minimum Gasteiger partial charge on any atom is -0.481 e. The Kier molecular flexibility index (Phi) is 1.83. The Hall–Kier alpha value is -1.39. The maximum absolute atomic E-state index is 11.2. The van der Waals surface area contributed by atoms with Crippen molar-refractivity contribution in [3.8, 4) is 0 Å². The van der Waals surface area contributed by atoms with E-state index in [1.807, 2.05) is 0 Å². The second-order valence-corrected chi connectivity index (χ2v) is 3.78. The Morgan fingerprint density at radius 2 is 2.00 bits per heavy atom. The summed E-state index contributed by atoms with van der Waals surface area (Å²) in [6.45, 7) is 0. The summed E-state index contributed by atoms with van der Waals surface area (Å²) in [6, 6.07) is 0. The topological polar surface area (TPSA) is 80.7 Å². The number of carboxylic acids is 1. The second-order valence-electron chi connectivity index (χ2n) is 3.78. The number of aliphatic carboxylic acids is 1. The number of esters is 2. The van der Waals surface area contributed by atoms with E-state index in [1.54, 1.807) is 0 Å². The predicted molar refractivity (Wildman–Crippen MR) is 43.1 cm³/mol. The molecule has 0 aromatic rings. The van der Waals surface area contributed by atoms with Gasteiger partial charge in [-0.1, -0.05) is 12.8 Å². The van der Waals surface area contributed by atoms with Crippen LogP contribution in [0, 0.1) is 11.3 Å². The van der Waals surface area contributed by atoms with Crippen LogP contribution in [0.5, 0.6) is 0 Å². The molecule has 1 saturated carbocycles. The molecule has 5 nitrogen and oxygen atoms in total. The van der Waals surface area contributed by atoms with Crippen LogP contribution in [0.1, 0.15) is 25.7 Å². The third-order valence-electron chi connectivity index (χ3n) is 3.12. The van der Waals surface area contributed by atoms with Crippen molar-refractivity contribution < 1.29 is 24.2 Å². The van der Waals surface area contributed by atoms with Crippen molar-refractivity contribution in [1.29, 1.82) is 0 Å². The van der Waals surface area contributed by atoms with Gasteiger partial charge in [-0.05, 0) is 12.8 Å². The molecule has 1 aliphatic heterocycles. The lowest BCUT2D eigenvalue weighted by molar-refractivity contribution is -0.208. The van der Waals surface area contributed by atoms with Crippen molar-refractivity contribution >= 4 is 17.9 Å². The van der Waals surface area contributed by atoms with E-state index in [1.165, 1.54) is 0 Å². The minimum atomic E-state index is -1.34. The monoisotopic (exact) mass is 198 g/mol. The normalized spacial score (nSPS) is 29.6. The van der Waals surface area contributed by atoms with E-state index in [9.17, 15) is 14.4 Å². The van der Waals surface area contributed by atoms with Crippen molar-refractivity contribution in [3.63, 3.8) is 0 Å². The van der Waals surface area contributed by atoms with Crippen LogP contribution in [0.3, 0.4) is 0 Å². The highest BCUT2D eigenvalue weighted by atomic mass is 16.6. The zero-order chi connectivity index (χ0) is 10.3. The molecule has 1 heterocycles. The fraction of sp³-hybridized carbons (Fsp3) is 0.667. The number of carbonyl (C=O) groups excluding carboxylic acids is 2. The summed E-state index contributed by atoms with van der Waals surface area (Å²) < 4.78 is 4.27. The summed E-state index contributed by atoms with van der Waals surface area (Å²) in [4.78, 5) is 33.3. The second kappa shape index (κ2) is 2.80. The molecule has 0 aromatic heterocycles. The molecule has 1 aliphatic carbocycles. The highest BCUT2D eigenvalue weighted by Crippen LogP contribution is 2.48. The molecule has 76 valence electrons. The third kappa shape index (κ3) is 0.921. The van der Waals surface area contributed by atoms with Gasteiger partial charge >= 0.3 is 17.9 Å². The first-order chi connectivity index (χ1) is 6.59. The Bertz CT molecular complexity index is 305. The summed E-state index contributed by atoms with van der Waals surface area (Å²) in [7, 11) is 0. The summed E-state index contributed by atoms with van der Waals surface area (Å²) in [5, 5.41) is 8.91. The van der Waals surface area contributed by atoms with Gasteiger partial charge in [-0.15, -0.1) is 0 Å². The largest absolute Gasteiger partial charge is 0.481 e. The lowest BCUT2D eigenvalue weighted by Crippen LogP contribution is -2.60. The molecule has 1 atom stereocenters. The van der Waals surface area contributed by atoms with E-state index in [4.69, 9.17) is 5.11 Å². The molecule has 1 N–H and O–H groups in total. The molecule has 0 radical (unpaired) electrons. The van der Waals surface area contributed by atoms with Crippen LogP contribution in [0.15, 0.2) is 0 Å². The van der Waals surface area contributed by atoms with Gasteiger partial charge in [0.25, 0.3) is 0 Å². The van der Waals surface area contributed by atoms with Gasteiger partial charge in [0.05, 0.1) is 5.92 Å². The Labute approximate surface area is 80.0 Å². The summed E-state index contributed by atoms with van der Waals surface area (Å²) >= 11 is 0. The summed E-state index contributed by atoms with van der Waals surface area (Å²) in [5.74, 6) is -3.27. The fourth-order valence-electron chi connectivity index (χ4n) is 2.30. The quantitative estimate of drug-likeness (QED) is 0.485. The molecule has 0 amide bonds. The van der Waals surface area contributed by atoms with E-state index in [2.05, 4.69) is 4.74 Å². The fourth-order valence-corrected chi connectivity index (χ4v) is 2.30. The predicted octanol–water partition coefficient (Wildman–Crippen LogP) is 0.331. The number of carboxylic acid groups (broad SMARTS) is 1. The van der Waals surface area contributed by atoms with E-state index in [0.29, 0.717) is 19.3 Å². The molecule has 2 fully saturated rings. The van der Waals surface area contributed by atoms with Gasteiger partial charge in [0.1, 0.15) is 0 Å². The number of ether oxygens (including phenoxy) is 1. The molecular weight excluding hydrogens is 188 g/mol. The van der Waals surface area contributed by atoms with Crippen LogP contribution in [0.4, 0.5) is 0 Å². The van der Waals surface area contributed by atoms with Crippen LogP contribution in [-0.2, 0) is 19.1 Å². The average Bonchev–Trinajstić information content (AvgIpc) is 2.18. The lowest BCUT2D eigenvalue weighted by Gasteiger charge is -2.42. The number of rotatable bonds is 1. The summed E-state index contributed by atoms with van der Waals surface area (Å²) in [5.41, 5.74) is -1.34. The molecule has 0 aromatic carbocycles. The molecule has 2 aliphatic rings. The van der Waals surface area contributed by atoms with Gasteiger partial charge in [-0.2, -0.15) is 0 Å². The van der Waals surface area contributed by atoms with Crippen molar-refractivity contribution in [2.24, 2.45) is 11.3 Å². The number of carbonyl (C=O) groups is 3. The van der Waals surface area contributed by atoms with Gasteiger partial charge in [0.15, 0.2) is 5.41 Å². The minimum absolute atomic E-state index is 0.321. The third-order valence-corrected chi connectivity index (χ3v) is 3.12. The maximum atomic E-state index is 11.2. The highest BCUT2D eigenvalue weighted by Gasteiger charge is 2.65. The Balaban J connectivity index is 2.34. The van der Waals surface area contributed by atoms with Crippen LogP contribution in [-0.4, -0.2) is 23.0 Å². The van der Waals surface area contributed by atoms with Gasteiger partial charge in [0.2, 0.25) is 0 Å². The van der Waals surface area contributed by atoms with Crippen LogP contribution in [0.2, 0.25) is 0 Å². The first-order valence-corrected chi connectivity index (χ1v) is 4.58.